The Hall–Kier alpha value is -2.43. The second-order valence-corrected chi connectivity index (χ2v) is 10.7. The Balaban J connectivity index is 1.32. The van der Waals surface area contributed by atoms with E-state index in [9.17, 15) is 13.2 Å². The van der Waals surface area contributed by atoms with Crippen LogP contribution in [0.1, 0.15) is 24.1 Å². The highest BCUT2D eigenvalue weighted by molar-refractivity contribution is 7.91. The lowest BCUT2D eigenvalue weighted by molar-refractivity contribution is 0.0897. The molecule has 4 rings (SSSR count). The van der Waals surface area contributed by atoms with Crippen LogP contribution in [0.4, 0.5) is 10.6 Å². The van der Waals surface area contributed by atoms with E-state index in [-0.39, 0.29) is 17.6 Å². The molecule has 1 amide bonds. The molecule has 33 heavy (non-hydrogen) atoms. The molecule has 11 heteroatoms. The van der Waals surface area contributed by atoms with Crippen LogP contribution in [0.15, 0.2) is 36.4 Å². The number of piperidine rings is 1. The van der Waals surface area contributed by atoms with Gasteiger partial charge in [0.1, 0.15) is 12.4 Å². The molecule has 3 heterocycles. The summed E-state index contributed by atoms with van der Waals surface area (Å²) in [6.45, 7) is 3.36. The maximum atomic E-state index is 13.1. The second kappa shape index (κ2) is 10.7. The minimum atomic E-state index is -3.48. The largest absolute Gasteiger partial charge is 0.445 e. The van der Waals surface area contributed by atoms with Gasteiger partial charge >= 0.3 is 6.09 Å². The third-order valence-electron chi connectivity index (χ3n) is 5.84. The van der Waals surface area contributed by atoms with Crippen LogP contribution in [0.3, 0.4) is 0 Å². The molecule has 1 aromatic carbocycles. The van der Waals surface area contributed by atoms with E-state index < -0.39 is 21.2 Å². The van der Waals surface area contributed by atoms with Crippen LogP contribution in [0.25, 0.3) is 0 Å². The minimum absolute atomic E-state index is 0.0279. The van der Waals surface area contributed by atoms with Gasteiger partial charge in [0.15, 0.2) is 9.84 Å². The van der Waals surface area contributed by atoms with Crippen LogP contribution in [-0.2, 0) is 31.7 Å². The molecule has 0 aliphatic carbocycles. The average Bonchev–Trinajstić information content (AvgIpc) is 2.83. The Bertz CT molecular complexity index is 1060. The zero-order valence-corrected chi connectivity index (χ0v) is 19.8. The zero-order chi connectivity index (χ0) is 23.3. The van der Waals surface area contributed by atoms with E-state index in [1.807, 2.05) is 35.2 Å². The first-order valence-corrected chi connectivity index (χ1v) is 13.0. The topological polar surface area (TPSA) is 102 Å². The summed E-state index contributed by atoms with van der Waals surface area (Å²) in [5.74, 6) is 0.398. The van der Waals surface area contributed by atoms with E-state index in [0.717, 1.165) is 5.56 Å². The van der Waals surface area contributed by atoms with E-state index in [0.29, 0.717) is 63.7 Å². The van der Waals surface area contributed by atoms with Crippen molar-refractivity contribution in [2.24, 2.45) is 0 Å². The highest BCUT2D eigenvalue weighted by Gasteiger charge is 2.33. The number of likely N-dealkylation sites (tertiary alicyclic amines) is 1. The number of ether oxygens (including phenoxy) is 2. The molecule has 9 nitrogen and oxygen atoms in total. The predicted molar refractivity (Wildman–Crippen MR) is 124 cm³/mol. The van der Waals surface area contributed by atoms with E-state index in [1.54, 1.807) is 11.0 Å². The maximum absolute atomic E-state index is 13.1. The lowest BCUT2D eigenvalue weighted by Gasteiger charge is -2.31. The third-order valence-corrected chi connectivity index (χ3v) is 8.19. The molecule has 2 fully saturated rings. The summed E-state index contributed by atoms with van der Waals surface area (Å²) in [6.07, 6.45) is 0.294. The first-order valence-electron chi connectivity index (χ1n) is 10.9. The van der Waals surface area contributed by atoms with Crippen LogP contribution in [-0.4, -0.2) is 74.0 Å². The van der Waals surface area contributed by atoms with Gasteiger partial charge in [0.05, 0.1) is 29.9 Å². The number of rotatable bonds is 6. The third kappa shape index (κ3) is 6.33. The lowest BCUT2D eigenvalue weighted by atomic mass is 10.1. The van der Waals surface area contributed by atoms with Crippen LogP contribution in [0.2, 0.25) is 5.28 Å². The number of aromatic nitrogens is 2. The molecule has 0 atom stereocenters. The van der Waals surface area contributed by atoms with Crippen molar-refractivity contribution in [1.29, 1.82) is 0 Å². The van der Waals surface area contributed by atoms with Gasteiger partial charge < -0.3 is 19.3 Å². The fourth-order valence-electron chi connectivity index (χ4n) is 4.01. The zero-order valence-electron chi connectivity index (χ0n) is 18.2. The first-order chi connectivity index (χ1) is 15.9. The molecular formula is C22H27ClN4O5S. The van der Waals surface area contributed by atoms with Gasteiger partial charge in [-0.3, -0.25) is 0 Å². The Labute approximate surface area is 198 Å². The van der Waals surface area contributed by atoms with Gasteiger partial charge in [-0.25, -0.2) is 23.2 Å². The molecular weight excluding hydrogens is 468 g/mol. The number of carbonyl (C=O) groups excluding carboxylic acids is 1. The fourth-order valence-corrected chi connectivity index (χ4v) is 5.93. The molecule has 0 bridgehead atoms. The van der Waals surface area contributed by atoms with Gasteiger partial charge in [-0.15, -0.1) is 0 Å². The van der Waals surface area contributed by atoms with Crippen molar-refractivity contribution < 1.29 is 22.7 Å². The standard InChI is InChI=1S/C22H27ClN4O5S/c23-21-24-18(14-20(25-21)26-10-12-31-13-11-26)16-33(29,30)19-6-8-27(9-7-19)22(28)32-15-17-4-2-1-3-5-17/h1-5,14,19H,6-13,15-16H2. The summed E-state index contributed by atoms with van der Waals surface area (Å²) in [7, 11) is -3.48. The van der Waals surface area contributed by atoms with Gasteiger partial charge in [0.25, 0.3) is 0 Å². The minimum Gasteiger partial charge on any atom is -0.445 e. The molecule has 0 N–H and O–H groups in total. The SMILES string of the molecule is O=C(OCc1ccccc1)N1CCC(S(=O)(=O)Cc2cc(N3CCOCC3)nc(Cl)n2)CC1. The summed E-state index contributed by atoms with van der Waals surface area (Å²) in [4.78, 5) is 24.3. The maximum Gasteiger partial charge on any atom is 0.410 e. The van der Waals surface area contributed by atoms with Crippen molar-refractivity contribution in [3.63, 3.8) is 0 Å². The summed E-state index contributed by atoms with van der Waals surface area (Å²) in [5.41, 5.74) is 1.28. The Morgan fingerprint density at radius 3 is 2.48 bits per heavy atom. The number of morpholine rings is 1. The second-order valence-electron chi connectivity index (χ2n) is 8.12. The van der Waals surface area contributed by atoms with Gasteiger partial charge in [-0.2, -0.15) is 0 Å². The molecule has 178 valence electrons. The number of sulfone groups is 1. The molecule has 2 aliphatic heterocycles. The Kier molecular flexibility index (Phi) is 7.67. The monoisotopic (exact) mass is 494 g/mol. The summed E-state index contributed by atoms with van der Waals surface area (Å²) in [5, 5.41) is -0.517. The van der Waals surface area contributed by atoms with Crippen molar-refractivity contribution in [3.05, 3.63) is 52.9 Å². The van der Waals surface area contributed by atoms with Crippen molar-refractivity contribution in [1.82, 2.24) is 14.9 Å². The van der Waals surface area contributed by atoms with E-state index in [2.05, 4.69) is 9.97 Å². The Morgan fingerprint density at radius 2 is 1.79 bits per heavy atom. The van der Waals surface area contributed by atoms with E-state index in [1.165, 1.54) is 0 Å². The van der Waals surface area contributed by atoms with Crippen LogP contribution < -0.4 is 4.90 Å². The predicted octanol–water partition coefficient (Wildman–Crippen LogP) is 2.68. The molecule has 0 saturated carbocycles. The first kappa shape index (κ1) is 23.7. The summed E-state index contributed by atoms with van der Waals surface area (Å²) < 4.78 is 36.9. The molecule has 0 spiro atoms. The number of benzene rings is 1. The van der Waals surface area contributed by atoms with Crippen molar-refractivity contribution in [3.8, 4) is 0 Å². The van der Waals surface area contributed by atoms with Gasteiger partial charge in [0.2, 0.25) is 5.28 Å². The number of hydrogen-bond donors (Lipinski definition) is 0. The number of carbonyl (C=O) groups is 1. The quantitative estimate of drug-likeness (QED) is 0.565. The number of anilines is 1. The van der Waals surface area contributed by atoms with Gasteiger partial charge in [-0.1, -0.05) is 30.3 Å². The van der Waals surface area contributed by atoms with Gasteiger partial charge in [-0.05, 0) is 30.0 Å². The molecule has 2 saturated heterocycles. The molecule has 0 radical (unpaired) electrons. The van der Waals surface area contributed by atoms with E-state index >= 15 is 0 Å². The van der Waals surface area contributed by atoms with Crippen LogP contribution >= 0.6 is 11.6 Å². The molecule has 1 aromatic heterocycles. The fraction of sp³-hybridized carbons (Fsp3) is 0.500. The smallest absolute Gasteiger partial charge is 0.410 e. The van der Waals surface area contributed by atoms with Crippen molar-refractivity contribution >= 4 is 33.3 Å². The van der Waals surface area contributed by atoms with E-state index in [4.69, 9.17) is 21.1 Å². The molecule has 2 aromatic rings. The normalized spacial score (nSPS) is 17.7. The Morgan fingerprint density at radius 1 is 1.09 bits per heavy atom. The highest BCUT2D eigenvalue weighted by atomic mass is 35.5. The van der Waals surface area contributed by atoms with Crippen molar-refractivity contribution in [2.45, 2.75) is 30.5 Å². The number of amides is 1. The molecule has 0 unspecified atom stereocenters. The highest BCUT2D eigenvalue weighted by Crippen LogP contribution is 2.24. The summed E-state index contributed by atoms with van der Waals surface area (Å²) in [6, 6.07) is 11.1. The summed E-state index contributed by atoms with van der Waals surface area (Å²) >= 11 is 6.08. The lowest BCUT2D eigenvalue weighted by Crippen LogP contribution is -2.43. The van der Waals surface area contributed by atoms with Gasteiger partial charge in [0, 0.05) is 32.2 Å². The van der Waals surface area contributed by atoms with Crippen LogP contribution in [0.5, 0.6) is 0 Å². The number of nitrogens with zero attached hydrogens (tertiary/aromatic N) is 4. The van der Waals surface area contributed by atoms with Crippen molar-refractivity contribution in [2.75, 3.05) is 44.3 Å². The number of hydrogen-bond acceptors (Lipinski definition) is 8. The average molecular weight is 495 g/mol. The van der Waals surface area contributed by atoms with Crippen LogP contribution in [0, 0.1) is 0 Å². The molecule has 2 aliphatic rings. The number of halogens is 1.